The van der Waals surface area contributed by atoms with E-state index in [9.17, 15) is 13.2 Å². The van der Waals surface area contributed by atoms with Gasteiger partial charge in [0.25, 0.3) is 15.9 Å². The van der Waals surface area contributed by atoms with Crippen molar-refractivity contribution in [2.45, 2.75) is 25.3 Å². The largest absolute Gasteiger partial charge is 0.355 e. The first-order chi connectivity index (χ1) is 10.8. The Hall–Kier alpha value is -2.42. The maximum absolute atomic E-state index is 12.3. The molecule has 9 heteroatoms. The number of hydrogen-bond donors (Lipinski definition) is 2. The van der Waals surface area contributed by atoms with Crippen molar-refractivity contribution < 1.29 is 13.2 Å². The average molecular weight is 337 g/mol. The van der Waals surface area contributed by atoms with Gasteiger partial charge in [0.15, 0.2) is 0 Å². The lowest BCUT2D eigenvalue weighted by Crippen LogP contribution is -2.18. The fourth-order valence-corrected chi connectivity index (χ4v) is 2.85. The first-order valence-corrected chi connectivity index (χ1v) is 8.53. The van der Waals surface area contributed by atoms with Crippen molar-refractivity contribution in [2.75, 3.05) is 11.8 Å². The van der Waals surface area contributed by atoms with Crippen LogP contribution in [0, 0.1) is 5.92 Å². The summed E-state index contributed by atoms with van der Waals surface area (Å²) in [6.07, 6.45) is 4.07. The summed E-state index contributed by atoms with van der Waals surface area (Å²) in [4.78, 5) is 15.4. The lowest BCUT2D eigenvalue weighted by molar-refractivity contribution is 0.0963. The number of nitrogens with zero attached hydrogens (tertiary/aromatic N) is 3. The highest BCUT2D eigenvalue weighted by Crippen LogP contribution is 2.14. The average Bonchev–Trinajstić information content (AvgIpc) is 2.95. The first kappa shape index (κ1) is 16.9. The maximum Gasteiger partial charge on any atom is 0.266 e. The molecule has 124 valence electrons. The van der Waals surface area contributed by atoms with Crippen molar-refractivity contribution >= 4 is 21.7 Å². The highest BCUT2D eigenvalue weighted by Gasteiger charge is 2.17. The third-order valence-corrected chi connectivity index (χ3v) is 4.27. The predicted molar refractivity (Wildman–Crippen MR) is 85.5 cm³/mol. The van der Waals surface area contributed by atoms with Gasteiger partial charge in [-0.25, -0.2) is 13.4 Å². The van der Waals surface area contributed by atoms with Gasteiger partial charge < -0.3 is 5.32 Å². The molecule has 0 bridgehead atoms. The van der Waals surface area contributed by atoms with Crippen molar-refractivity contribution in [3.05, 3.63) is 36.3 Å². The van der Waals surface area contributed by atoms with Gasteiger partial charge in [-0.1, -0.05) is 13.8 Å². The summed E-state index contributed by atoms with van der Waals surface area (Å²) in [5, 5.41) is 6.50. The van der Waals surface area contributed by atoms with Crippen LogP contribution < -0.4 is 10.0 Å². The molecule has 1 amide bonds. The van der Waals surface area contributed by atoms with E-state index in [2.05, 4.69) is 20.1 Å². The second kappa shape index (κ2) is 6.78. The van der Waals surface area contributed by atoms with Crippen molar-refractivity contribution in [1.29, 1.82) is 0 Å². The summed E-state index contributed by atoms with van der Waals surface area (Å²) in [5.74, 6) is 0.202. The number of nitrogens with one attached hydrogen (secondary N) is 2. The van der Waals surface area contributed by atoms with E-state index in [1.54, 1.807) is 4.68 Å². The summed E-state index contributed by atoms with van der Waals surface area (Å²) < 4.78 is 28.5. The van der Waals surface area contributed by atoms with Crippen LogP contribution in [0.2, 0.25) is 0 Å². The Bertz CT molecular complexity index is 781. The quantitative estimate of drug-likeness (QED) is 0.821. The van der Waals surface area contributed by atoms with Crippen LogP contribution >= 0.6 is 0 Å². The van der Waals surface area contributed by atoms with Crippen molar-refractivity contribution in [3.63, 3.8) is 0 Å². The Labute approximate surface area is 135 Å². The normalized spacial score (nSPS) is 11.5. The zero-order valence-corrected chi connectivity index (χ0v) is 14.0. The number of carbonyl (C=O) groups excluding carboxylic acids is 1. The first-order valence-electron chi connectivity index (χ1n) is 7.05. The summed E-state index contributed by atoms with van der Waals surface area (Å²) in [6.45, 7) is 4.67. The van der Waals surface area contributed by atoms with E-state index in [0.29, 0.717) is 18.0 Å². The highest BCUT2D eigenvalue weighted by atomic mass is 32.2. The van der Waals surface area contributed by atoms with E-state index in [1.807, 2.05) is 13.8 Å². The minimum Gasteiger partial charge on any atom is -0.355 e. The molecular formula is C14H19N5O3S. The molecule has 2 rings (SSSR count). The Kier molecular flexibility index (Phi) is 4.99. The number of carbonyl (C=O) groups is 1. The molecule has 8 nitrogen and oxygen atoms in total. The standard InChI is InChI=1S/C14H19N5O3S/c1-10(2)8-19-9-12(7-17-19)23(21,22)18-13-5-4-11(6-16-13)14(20)15-3/h4-7,9-10H,8H2,1-3H3,(H,15,20)(H,16,18). The molecule has 0 saturated heterocycles. The van der Waals surface area contributed by atoms with Gasteiger partial charge in [0.1, 0.15) is 10.7 Å². The van der Waals surface area contributed by atoms with Crippen LogP contribution in [0.1, 0.15) is 24.2 Å². The minimum absolute atomic E-state index is 0.0651. The zero-order chi connectivity index (χ0) is 17.0. The van der Waals surface area contributed by atoms with Gasteiger partial charge >= 0.3 is 0 Å². The smallest absolute Gasteiger partial charge is 0.266 e. The van der Waals surface area contributed by atoms with Crippen molar-refractivity contribution in [1.82, 2.24) is 20.1 Å². The van der Waals surface area contributed by atoms with E-state index in [-0.39, 0.29) is 16.6 Å². The van der Waals surface area contributed by atoms with Gasteiger partial charge in [-0.05, 0) is 18.1 Å². The molecular weight excluding hydrogens is 318 g/mol. The minimum atomic E-state index is -3.76. The number of rotatable bonds is 6. The van der Waals surface area contributed by atoms with Crippen LogP contribution in [0.5, 0.6) is 0 Å². The summed E-state index contributed by atoms with van der Waals surface area (Å²) >= 11 is 0. The summed E-state index contributed by atoms with van der Waals surface area (Å²) in [7, 11) is -2.26. The molecule has 2 aromatic rings. The third-order valence-electron chi connectivity index (χ3n) is 2.96. The monoisotopic (exact) mass is 337 g/mol. The second-order valence-electron chi connectivity index (χ2n) is 5.41. The SMILES string of the molecule is CNC(=O)c1ccc(NS(=O)(=O)c2cnn(CC(C)C)c2)nc1. The molecule has 0 aromatic carbocycles. The third kappa shape index (κ3) is 4.28. The molecule has 2 heterocycles. The Morgan fingerprint density at radius 1 is 1.30 bits per heavy atom. The van der Waals surface area contributed by atoms with Gasteiger partial charge in [-0.3, -0.25) is 14.2 Å². The van der Waals surface area contributed by atoms with Crippen molar-refractivity contribution in [2.24, 2.45) is 5.92 Å². The van der Waals surface area contributed by atoms with Gasteiger partial charge in [-0.2, -0.15) is 5.10 Å². The fraction of sp³-hybridized carbons (Fsp3) is 0.357. The molecule has 0 aliphatic heterocycles. The van der Waals surface area contributed by atoms with E-state index in [4.69, 9.17) is 0 Å². The van der Waals surface area contributed by atoms with Gasteiger partial charge in [-0.15, -0.1) is 0 Å². The highest BCUT2D eigenvalue weighted by molar-refractivity contribution is 7.92. The Balaban J connectivity index is 2.14. The van der Waals surface area contributed by atoms with E-state index in [0.717, 1.165) is 0 Å². The van der Waals surface area contributed by atoms with Crippen LogP contribution in [-0.4, -0.2) is 36.1 Å². The molecule has 0 fully saturated rings. The lowest BCUT2D eigenvalue weighted by atomic mass is 10.2. The molecule has 2 N–H and O–H groups in total. The van der Waals surface area contributed by atoms with Gasteiger partial charge in [0.05, 0.1) is 11.8 Å². The van der Waals surface area contributed by atoms with Crippen molar-refractivity contribution in [3.8, 4) is 0 Å². The zero-order valence-electron chi connectivity index (χ0n) is 13.1. The van der Waals surface area contributed by atoms with Gasteiger partial charge in [0.2, 0.25) is 0 Å². The lowest BCUT2D eigenvalue weighted by Gasteiger charge is -2.06. The molecule has 0 atom stereocenters. The van der Waals surface area contributed by atoms with Crippen LogP contribution in [0.15, 0.2) is 35.6 Å². The second-order valence-corrected chi connectivity index (χ2v) is 7.09. The molecule has 0 spiro atoms. The number of pyridine rings is 1. The van der Waals surface area contributed by atoms with Crippen LogP contribution in [0.3, 0.4) is 0 Å². The molecule has 0 saturated carbocycles. The number of aromatic nitrogens is 3. The van der Waals surface area contributed by atoms with E-state index >= 15 is 0 Å². The maximum atomic E-state index is 12.3. The summed E-state index contributed by atoms with van der Waals surface area (Å²) in [5.41, 5.74) is 0.347. The van der Waals surface area contributed by atoms with E-state index < -0.39 is 10.0 Å². The van der Waals surface area contributed by atoms with Crippen LogP contribution in [0.4, 0.5) is 5.82 Å². The topological polar surface area (TPSA) is 106 Å². The predicted octanol–water partition coefficient (Wildman–Crippen LogP) is 1.09. The molecule has 0 aliphatic carbocycles. The Morgan fingerprint density at radius 2 is 2.04 bits per heavy atom. The number of hydrogen-bond acceptors (Lipinski definition) is 5. The molecule has 0 unspecified atom stereocenters. The van der Waals surface area contributed by atoms with Crippen LogP contribution in [-0.2, 0) is 16.6 Å². The molecule has 23 heavy (non-hydrogen) atoms. The molecule has 2 aromatic heterocycles. The molecule has 0 radical (unpaired) electrons. The van der Waals surface area contributed by atoms with E-state index in [1.165, 1.54) is 37.8 Å². The fourth-order valence-electron chi connectivity index (χ4n) is 1.89. The number of amides is 1. The molecule has 0 aliphatic rings. The summed E-state index contributed by atoms with van der Waals surface area (Å²) in [6, 6.07) is 2.92. The van der Waals surface area contributed by atoms with Gasteiger partial charge in [0, 0.05) is 26.0 Å². The Morgan fingerprint density at radius 3 is 2.61 bits per heavy atom. The number of sulfonamides is 1. The number of anilines is 1. The van der Waals surface area contributed by atoms with Crippen LogP contribution in [0.25, 0.3) is 0 Å².